The highest BCUT2D eigenvalue weighted by Crippen LogP contribution is 2.36. The van der Waals surface area contributed by atoms with Crippen molar-refractivity contribution in [2.75, 3.05) is 0 Å². The predicted octanol–water partition coefficient (Wildman–Crippen LogP) is 11.7. The summed E-state index contributed by atoms with van der Waals surface area (Å²) in [5.41, 5.74) is 5.45. The Kier molecular flexibility index (Phi) is 5.61. The minimum Gasteiger partial charge on any atom is -0.208 e. The molecule has 0 bridgehead atoms. The summed E-state index contributed by atoms with van der Waals surface area (Å²) in [5, 5.41) is 6.09. The van der Waals surface area contributed by atoms with Crippen molar-refractivity contribution >= 4 is 32.3 Å². The zero-order chi connectivity index (χ0) is 36.2. The number of fused-ring (bicyclic) bond motifs is 3. The lowest BCUT2D eigenvalue weighted by Crippen LogP contribution is -2.00. The van der Waals surface area contributed by atoms with Crippen LogP contribution in [0.2, 0.25) is 0 Å². The fourth-order valence-corrected chi connectivity index (χ4v) is 6.48. The van der Waals surface area contributed by atoms with Crippen molar-refractivity contribution in [2.45, 2.75) is 0 Å². The van der Waals surface area contributed by atoms with E-state index < -0.39 is 6.04 Å². The van der Waals surface area contributed by atoms with Gasteiger partial charge in [-0.3, -0.25) is 0 Å². The Morgan fingerprint density at radius 2 is 0.875 bits per heavy atom. The lowest BCUT2D eigenvalue weighted by Gasteiger charge is -2.13. The summed E-state index contributed by atoms with van der Waals surface area (Å²) in [6, 6.07) is 47.0. The molecule has 0 N–H and O–H groups in total. The second-order valence-corrected chi connectivity index (χ2v) is 11.7. The first kappa shape index (κ1) is 23.0. The monoisotopic (exact) mass is 616 g/mol. The summed E-state index contributed by atoms with van der Waals surface area (Å²) in [7, 11) is 0. The SMILES string of the molecule is [2H]c1c([2H])c([2H])c(-c2cccc3c(-c4nc(-c5ccccc5)nc(-c5ccc6cc(-c7cccc8ccccc78)ccc6c5)n4)cccc23)c([2H])c1[2H]. The molecule has 0 spiro atoms. The average Bonchev–Trinajstić information content (AvgIpc) is 3.21. The number of nitrogens with zero attached hydrogens (tertiary/aromatic N) is 3. The fourth-order valence-electron chi connectivity index (χ4n) is 6.48. The van der Waals surface area contributed by atoms with Gasteiger partial charge in [-0.15, -0.1) is 0 Å². The molecule has 0 saturated heterocycles. The third-order valence-corrected chi connectivity index (χ3v) is 8.80. The lowest BCUT2D eigenvalue weighted by molar-refractivity contribution is 1.08. The van der Waals surface area contributed by atoms with Crippen molar-refractivity contribution in [1.29, 1.82) is 0 Å². The van der Waals surface area contributed by atoms with E-state index in [1.807, 2.05) is 66.7 Å². The van der Waals surface area contributed by atoms with Crippen molar-refractivity contribution in [1.82, 2.24) is 15.0 Å². The van der Waals surface area contributed by atoms with Crippen LogP contribution in [0.25, 0.3) is 88.7 Å². The Hall–Kier alpha value is -6.45. The highest BCUT2D eigenvalue weighted by Gasteiger charge is 2.16. The van der Waals surface area contributed by atoms with Gasteiger partial charge >= 0.3 is 0 Å². The molecule has 224 valence electrons. The topological polar surface area (TPSA) is 38.7 Å². The first-order chi connectivity index (χ1) is 25.9. The Balaban J connectivity index is 1.20. The highest BCUT2D eigenvalue weighted by molar-refractivity contribution is 6.04. The van der Waals surface area contributed by atoms with E-state index in [1.54, 1.807) is 6.07 Å². The molecule has 0 atom stereocenters. The number of benzene rings is 8. The average molecular weight is 617 g/mol. The summed E-state index contributed by atoms with van der Waals surface area (Å²) >= 11 is 0. The van der Waals surface area contributed by atoms with Gasteiger partial charge < -0.3 is 0 Å². The summed E-state index contributed by atoms with van der Waals surface area (Å²) in [4.78, 5) is 15.0. The maximum absolute atomic E-state index is 8.65. The van der Waals surface area contributed by atoms with E-state index in [4.69, 9.17) is 21.8 Å². The normalized spacial score (nSPS) is 12.8. The third kappa shape index (κ3) is 4.99. The van der Waals surface area contributed by atoms with E-state index in [1.165, 1.54) is 16.3 Å². The molecular weight excluding hydrogens is 583 g/mol. The van der Waals surface area contributed by atoms with E-state index in [9.17, 15) is 0 Å². The Bertz CT molecular complexity index is 2880. The summed E-state index contributed by atoms with van der Waals surface area (Å²) < 4.78 is 41.9. The molecule has 3 nitrogen and oxygen atoms in total. The van der Waals surface area contributed by atoms with Crippen LogP contribution < -0.4 is 0 Å². The van der Waals surface area contributed by atoms with Crippen LogP contribution >= 0.6 is 0 Å². The quantitative estimate of drug-likeness (QED) is 0.193. The third-order valence-electron chi connectivity index (χ3n) is 8.80. The standard InChI is InChI=1S/C45H29N3/c1-3-12-30(13-4-1)38-20-10-22-41-40(38)21-11-23-42(41)45-47-43(32-15-5-2-6-16-32)46-44(48-45)36-27-25-33-28-35(26-24-34(33)29-36)39-19-9-17-31-14-7-8-18-37(31)39/h1-29H/i1D,3D,4D,12D,13D. The van der Waals surface area contributed by atoms with Gasteiger partial charge in [0.25, 0.3) is 0 Å². The van der Waals surface area contributed by atoms with Crippen LogP contribution in [0.1, 0.15) is 6.85 Å². The zero-order valence-corrected chi connectivity index (χ0v) is 25.7. The molecule has 0 aliphatic carbocycles. The molecule has 1 aromatic heterocycles. The van der Waals surface area contributed by atoms with Gasteiger partial charge in [0.2, 0.25) is 0 Å². The first-order valence-corrected chi connectivity index (χ1v) is 15.8. The van der Waals surface area contributed by atoms with E-state index >= 15 is 0 Å². The molecule has 0 fully saturated rings. The first-order valence-electron chi connectivity index (χ1n) is 18.3. The van der Waals surface area contributed by atoms with Gasteiger partial charge in [0.05, 0.1) is 6.85 Å². The van der Waals surface area contributed by atoms with Crippen molar-refractivity contribution < 1.29 is 6.85 Å². The molecule has 8 aromatic carbocycles. The van der Waals surface area contributed by atoms with E-state index in [2.05, 4.69) is 72.8 Å². The molecule has 3 heteroatoms. The van der Waals surface area contributed by atoms with Crippen LogP contribution in [0, 0.1) is 0 Å². The number of hydrogen-bond acceptors (Lipinski definition) is 3. The van der Waals surface area contributed by atoms with E-state index in [0.29, 0.717) is 23.0 Å². The number of hydrogen-bond donors (Lipinski definition) is 0. The fraction of sp³-hybridized carbons (Fsp3) is 0. The lowest BCUT2D eigenvalue weighted by atomic mass is 9.95. The smallest absolute Gasteiger partial charge is 0.164 e. The largest absolute Gasteiger partial charge is 0.208 e. The summed E-state index contributed by atoms with van der Waals surface area (Å²) in [6.45, 7) is 0. The zero-order valence-electron chi connectivity index (χ0n) is 30.7. The van der Waals surface area contributed by atoms with E-state index in [-0.39, 0.29) is 29.7 Å². The molecule has 0 saturated carbocycles. The molecule has 0 radical (unpaired) electrons. The van der Waals surface area contributed by atoms with Crippen LogP contribution in [0.15, 0.2) is 176 Å². The van der Waals surface area contributed by atoms with Crippen molar-refractivity contribution in [3.8, 4) is 56.4 Å². The van der Waals surface area contributed by atoms with Gasteiger partial charge in [0.1, 0.15) is 0 Å². The van der Waals surface area contributed by atoms with Crippen LogP contribution in [0.4, 0.5) is 0 Å². The Labute approximate surface area is 285 Å². The number of rotatable bonds is 5. The predicted molar refractivity (Wildman–Crippen MR) is 200 cm³/mol. The van der Waals surface area contributed by atoms with Gasteiger partial charge in [-0.2, -0.15) is 0 Å². The second kappa shape index (κ2) is 11.7. The Morgan fingerprint density at radius 3 is 1.67 bits per heavy atom. The van der Waals surface area contributed by atoms with Gasteiger partial charge in [0, 0.05) is 16.7 Å². The minimum atomic E-state index is -0.422. The van der Waals surface area contributed by atoms with Crippen molar-refractivity contribution in [3.05, 3.63) is 176 Å². The molecule has 0 amide bonds. The summed E-state index contributed by atoms with van der Waals surface area (Å²) in [6.07, 6.45) is 0. The van der Waals surface area contributed by atoms with Gasteiger partial charge in [-0.1, -0.05) is 164 Å². The maximum atomic E-state index is 8.65. The molecule has 48 heavy (non-hydrogen) atoms. The molecule has 9 aromatic rings. The van der Waals surface area contributed by atoms with E-state index in [0.717, 1.165) is 43.8 Å². The van der Waals surface area contributed by atoms with Crippen LogP contribution in [0.3, 0.4) is 0 Å². The van der Waals surface area contributed by atoms with Gasteiger partial charge in [0.15, 0.2) is 17.5 Å². The highest BCUT2D eigenvalue weighted by atomic mass is 15.0. The Morgan fingerprint density at radius 1 is 0.333 bits per heavy atom. The molecule has 1 heterocycles. The molecule has 0 aliphatic heterocycles. The van der Waals surface area contributed by atoms with Crippen LogP contribution in [-0.4, -0.2) is 15.0 Å². The summed E-state index contributed by atoms with van der Waals surface area (Å²) in [5.74, 6) is 1.51. The van der Waals surface area contributed by atoms with Crippen molar-refractivity contribution in [3.63, 3.8) is 0 Å². The minimum absolute atomic E-state index is 0.153. The maximum Gasteiger partial charge on any atom is 0.164 e. The molecule has 0 unspecified atom stereocenters. The number of aromatic nitrogens is 3. The van der Waals surface area contributed by atoms with Crippen LogP contribution in [-0.2, 0) is 0 Å². The molecular formula is C45H29N3. The molecule has 9 rings (SSSR count). The van der Waals surface area contributed by atoms with Gasteiger partial charge in [-0.05, 0) is 66.7 Å². The van der Waals surface area contributed by atoms with Crippen molar-refractivity contribution in [2.24, 2.45) is 0 Å². The van der Waals surface area contributed by atoms with Crippen LogP contribution in [0.5, 0.6) is 0 Å². The van der Waals surface area contributed by atoms with Gasteiger partial charge in [-0.25, -0.2) is 15.0 Å². The second-order valence-electron chi connectivity index (χ2n) is 11.7. The molecule has 0 aliphatic rings.